The number of nitrogen functional groups attached to an aromatic ring is 1. The summed E-state index contributed by atoms with van der Waals surface area (Å²) in [4.78, 5) is 19.5. The van der Waals surface area contributed by atoms with Gasteiger partial charge >= 0.3 is 5.69 Å². The zero-order valence-electron chi connectivity index (χ0n) is 24.1. The summed E-state index contributed by atoms with van der Waals surface area (Å²) in [5.74, 6) is 0.370. The lowest BCUT2D eigenvalue weighted by Gasteiger charge is -2.15. The molecule has 0 bridgehead atoms. The van der Waals surface area contributed by atoms with Gasteiger partial charge in [0.05, 0.1) is 45.1 Å². The lowest BCUT2D eigenvalue weighted by molar-refractivity contribution is -0.672. The summed E-state index contributed by atoms with van der Waals surface area (Å²) >= 11 is 1.08. The van der Waals surface area contributed by atoms with Gasteiger partial charge < -0.3 is 34.3 Å². The summed E-state index contributed by atoms with van der Waals surface area (Å²) in [6.45, 7) is 0. The van der Waals surface area contributed by atoms with Crippen molar-refractivity contribution in [1.82, 2.24) is 10.3 Å². The number of nitrogens with two attached hydrogens (primary N) is 1. The fraction of sp³-hybridized carbons (Fsp3) is 0.125. The van der Waals surface area contributed by atoms with Gasteiger partial charge in [-0.15, -0.1) is 11.3 Å². The van der Waals surface area contributed by atoms with Crippen LogP contribution in [0.5, 0.6) is 28.9 Å². The number of anilines is 1. The van der Waals surface area contributed by atoms with E-state index in [-0.39, 0.29) is 16.3 Å². The fourth-order valence-electron chi connectivity index (χ4n) is 4.96. The Hall–Kier alpha value is -5.62. The maximum Gasteiger partial charge on any atom is 0.312 e. The van der Waals surface area contributed by atoms with E-state index in [0.29, 0.717) is 55.7 Å². The normalized spacial score (nSPS) is 11.0. The number of hydrogen-bond donors (Lipinski definition) is 1. The fourth-order valence-corrected chi connectivity index (χ4v) is 6.02. The lowest BCUT2D eigenvalue weighted by atomic mass is 9.98. The quantitative estimate of drug-likeness (QED) is 0.179. The number of rotatable bonds is 9. The van der Waals surface area contributed by atoms with Gasteiger partial charge in [-0.1, -0.05) is 30.3 Å². The standard InChI is InChI=1S/C32H26N4O7S/c1-39-20-12-10-19(11-13-20)36-27(32(38)43-35-36)28(37)30-26(33)25-21(18-14-23(40-2)29(42-4)24(15-18)41-3)16-22(34-31(25)44-30)17-8-6-5-7-9-17/h5-16H,1-4H3,(H2-,33,35,37,38). The van der Waals surface area contributed by atoms with Gasteiger partial charge in [-0.05, 0) is 46.1 Å². The van der Waals surface area contributed by atoms with Crippen LogP contribution in [-0.2, 0) is 0 Å². The number of pyridine rings is 1. The van der Waals surface area contributed by atoms with E-state index >= 15 is 0 Å². The van der Waals surface area contributed by atoms with E-state index in [1.165, 1.54) is 28.4 Å². The Labute approximate surface area is 255 Å². The number of ketones is 1. The van der Waals surface area contributed by atoms with Crippen molar-refractivity contribution in [3.8, 4) is 57.0 Å². The number of ether oxygens (including phenoxy) is 4. The van der Waals surface area contributed by atoms with E-state index in [9.17, 15) is 9.90 Å². The topological polar surface area (TPSA) is 146 Å². The van der Waals surface area contributed by atoms with Gasteiger partial charge in [0.2, 0.25) is 11.4 Å². The second-order valence-electron chi connectivity index (χ2n) is 9.51. The Morgan fingerprint density at radius 2 is 1.57 bits per heavy atom. The van der Waals surface area contributed by atoms with E-state index in [1.54, 1.807) is 36.4 Å². The molecule has 44 heavy (non-hydrogen) atoms. The smallest absolute Gasteiger partial charge is 0.312 e. The molecule has 11 nitrogen and oxygen atoms in total. The first-order valence-electron chi connectivity index (χ1n) is 13.2. The third-order valence-corrected chi connectivity index (χ3v) is 8.19. The van der Waals surface area contributed by atoms with Crippen LogP contribution in [0.15, 0.2) is 77.3 Å². The molecule has 6 rings (SSSR count). The second-order valence-corrected chi connectivity index (χ2v) is 10.5. The van der Waals surface area contributed by atoms with Gasteiger partial charge in [0.1, 0.15) is 15.5 Å². The van der Waals surface area contributed by atoms with Crippen molar-refractivity contribution >= 4 is 33.0 Å². The largest absolute Gasteiger partial charge is 0.539 e. The van der Waals surface area contributed by atoms with Crippen LogP contribution in [0.4, 0.5) is 5.69 Å². The molecule has 3 aromatic heterocycles. The molecule has 222 valence electrons. The van der Waals surface area contributed by atoms with Gasteiger partial charge in [0, 0.05) is 23.1 Å². The van der Waals surface area contributed by atoms with Crippen LogP contribution in [0.2, 0.25) is 0 Å². The van der Waals surface area contributed by atoms with Gasteiger partial charge in [-0.25, -0.2) is 4.98 Å². The maximum atomic E-state index is 14.0. The average molecular weight is 611 g/mol. The van der Waals surface area contributed by atoms with Crippen LogP contribution in [0.25, 0.3) is 38.3 Å². The molecule has 2 N–H and O–H groups in total. The summed E-state index contributed by atoms with van der Waals surface area (Å²) in [5.41, 5.74) is 9.91. The van der Waals surface area contributed by atoms with E-state index in [0.717, 1.165) is 21.6 Å². The molecule has 0 aliphatic rings. The first kappa shape index (κ1) is 28.5. The molecule has 0 radical (unpaired) electrons. The van der Waals surface area contributed by atoms with E-state index in [2.05, 4.69) is 5.27 Å². The highest BCUT2D eigenvalue weighted by Crippen LogP contribution is 2.46. The highest BCUT2D eigenvalue weighted by Gasteiger charge is 2.33. The minimum atomic E-state index is -0.898. The number of thiophene rings is 1. The number of benzene rings is 3. The predicted octanol–water partition coefficient (Wildman–Crippen LogP) is 4.82. The third-order valence-electron chi connectivity index (χ3n) is 7.09. The first-order chi connectivity index (χ1) is 21.4. The summed E-state index contributed by atoms with van der Waals surface area (Å²) in [7, 11) is 6.13. The van der Waals surface area contributed by atoms with Crippen LogP contribution in [-0.4, -0.2) is 44.5 Å². The van der Waals surface area contributed by atoms with Gasteiger partial charge in [0.15, 0.2) is 17.4 Å². The second kappa shape index (κ2) is 11.6. The first-order valence-corrected chi connectivity index (χ1v) is 14.1. The number of aromatic nitrogens is 3. The Balaban J connectivity index is 1.58. The summed E-state index contributed by atoms with van der Waals surface area (Å²) < 4.78 is 28.0. The summed E-state index contributed by atoms with van der Waals surface area (Å²) in [5, 5.41) is 17.2. The molecule has 0 atom stereocenters. The van der Waals surface area contributed by atoms with E-state index < -0.39 is 11.7 Å². The highest BCUT2D eigenvalue weighted by atomic mass is 32.1. The number of carbonyl (C=O) groups is 1. The molecular weight excluding hydrogens is 584 g/mol. The molecule has 0 fully saturated rings. The van der Waals surface area contributed by atoms with E-state index in [4.69, 9.17) is 34.2 Å². The Bertz CT molecular complexity index is 1980. The van der Waals surface area contributed by atoms with Gasteiger partial charge in [0.25, 0.3) is 5.78 Å². The number of methoxy groups -OCH3 is 4. The maximum absolute atomic E-state index is 14.0. The Morgan fingerprint density at radius 1 is 0.886 bits per heavy atom. The molecule has 6 aromatic rings. The Morgan fingerprint density at radius 3 is 2.18 bits per heavy atom. The SMILES string of the molecule is COc1ccc(-[n+]2noc([O-])c2C(=O)c2sc3nc(-c4ccccc4)cc(-c4cc(OC)c(OC)c(OC)c4)c3c2N)cc1. The lowest BCUT2D eigenvalue weighted by Crippen LogP contribution is -2.39. The van der Waals surface area contributed by atoms with Crippen molar-refractivity contribution in [1.29, 1.82) is 0 Å². The van der Waals surface area contributed by atoms with Crippen LogP contribution in [0, 0.1) is 0 Å². The molecule has 0 saturated heterocycles. The molecule has 0 aliphatic carbocycles. The molecule has 12 heteroatoms. The molecule has 3 aromatic carbocycles. The minimum Gasteiger partial charge on any atom is -0.539 e. The van der Waals surface area contributed by atoms with Crippen molar-refractivity contribution in [3.63, 3.8) is 0 Å². The summed E-state index contributed by atoms with van der Waals surface area (Å²) in [6, 6.07) is 21.8. The number of fused-ring (bicyclic) bond motifs is 1. The van der Waals surface area contributed by atoms with Crippen molar-refractivity contribution in [3.05, 3.63) is 83.4 Å². The van der Waals surface area contributed by atoms with Crippen LogP contribution in [0.1, 0.15) is 15.4 Å². The number of nitrogens with zero attached hydrogens (tertiary/aromatic N) is 3. The average Bonchev–Trinajstić information content (AvgIpc) is 3.62. The minimum absolute atomic E-state index is 0.119. The molecule has 0 amide bonds. The molecule has 0 aliphatic heterocycles. The predicted molar refractivity (Wildman–Crippen MR) is 162 cm³/mol. The van der Waals surface area contributed by atoms with Gasteiger partial charge in [-0.2, -0.15) is 0 Å². The Kier molecular flexibility index (Phi) is 7.50. The monoisotopic (exact) mass is 610 g/mol. The van der Waals surface area contributed by atoms with Crippen LogP contribution < -0.4 is 34.5 Å². The zero-order valence-corrected chi connectivity index (χ0v) is 24.9. The molecule has 0 saturated carbocycles. The number of carbonyl (C=O) groups excluding carboxylic acids is 1. The molecular formula is C32H26N4O7S. The van der Waals surface area contributed by atoms with Crippen molar-refractivity contribution in [2.24, 2.45) is 0 Å². The van der Waals surface area contributed by atoms with Gasteiger partial charge in [-0.3, -0.25) is 4.79 Å². The van der Waals surface area contributed by atoms with Crippen molar-refractivity contribution in [2.45, 2.75) is 0 Å². The molecule has 3 heterocycles. The van der Waals surface area contributed by atoms with E-state index in [1.807, 2.05) is 36.4 Å². The molecule has 0 spiro atoms. The summed E-state index contributed by atoms with van der Waals surface area (Å²) in [6.07, 6.45) is 0. The van der Waals surface area contributed by atoms with Crippen molar-refractivity contribution < 1.29 is 38.1 Å². The molecule has 0 unspecified atom stereocenters. The number of hydrogen-bond acceptors (Lipinski definition) is 11. The zero-order chi connectivity index (χ0) is 31.0. The van der Waals surface area contributed by atoms with Crippen molar-refractivity contribution in [2.75, 3.05) is 34.2 Å². The highest BCUT2D eigenvalue weighted by molar-refractivity contribution is 7.21. The van der Waals surface area contributed by atoms with Crippen LogP contribution in [0.3, 0.4) is 0 Å². The third kappa shape index (κ3) is 4.80. The van der Waals surface area contributed by atoms with Crippen LogP contribution >= 0.6 is 11.3 Å².